The molecular formula is C28H24N4O2. The molecule has 0 bridgehead atoms. The van der Waals surface area contributed by atoms with Crippen LogP contribution in [-0.4, -0.2) is 24.2 Å². The van der Waals surface area contributed by atoms with Gasteiger partial charge in [-0.1, -0.05) is 6.07 Å². The molecule has 3 N–H and O–H groups in total. The predicted molar refractivity (Wildman–Crippen MR) is 138 cm³/mol. The van der Waals surface area contributed by atoms with E-state index in [2.05, 4.69) is 5.32 Å². The van der Waals surface area contributed by atoms with Gasteiger partial charge in [0.15, 0.2) is 0 Å². The Bertz CT molecular complexity index is 1430. The number of nitrogens with two attached hydrogens (primary N) is 1. The van der Waals surface area contributed by atoms with Gasteiger partial charge in [-0.05, 0) is 84.9 Å². The Morgan fingerprint density at radius 3 is 1.76 bits per heavy atom. The second-order valence-electron chi connectivity index (χ2n) is 7.80. The maximum absolute atomic E-state index is 5.84. The molecule has 0 fully saturated rings. The van der Waals surface area contributed by atoms with Gasteiger partial charge in [0.05, 0.1) is 36.8 Å². The van der Waals surface area contributed by atoms with Crippen LogP contribution in [0.2, 0.25) is 0 Å². The highest BCUT2D eigenvalue weighted by molar-refractivity contribution is 5.94. The van der Waals surface area contributed by atoms with Crippen LogP contribution in [0.5, 0.6) is 11.5 Å². The second kappa shape index (κ2) is 9.11. The van der Waals surface area contributed by atoms with Gasteiger partial charge in [-0.15, -0.1) is 0 Å². The fourth-order valence-electron chi connectivity index (χ4n) is 3.80. The van der Waals surface area contributed by atoms with Crippen molar-refractivity contribution in [2.45, 2.75) is 0 Å². The SMILES string of the molecule is COc1ccc(-c2nc3cccc(Nc4ccc(N)cc4)c3nc2-c2ccc(OC)cc2)cc1. The molecule has 0 saturated carbocycles. The lowest BCUT2D eigenvalue weighted by atomic mass is 10.0. The number of nitrogen functional groups attached to an aromatic ring is 1. The summed E-state index contributed by atoms with van der Waals surface area (Å²) in [6.45, 7) is 0. The summed E-state index contributed by atoms with van der Waals surface area (Å²) in [5.41, 5.74) is 13.4. The Morgan fingerprint density at radius 2 is 1.21 bits per heavy atom. The van der Waals surface area contributed by atoms with E-state index < -0.39 is 0 Å². The number of nitrogens with one attached hydrogen (secondary N) is 1. The molecule has 0 atom stereocenters. The minimum absolute atomic E-state index is 0.717. The topological polar surface area (TPSA) is 82.3 Å². The molecule has 0 aliphatic rings. The quantitative estimate of drug-likeness (QED) is 0.296. The molecule has 5 aromatic rings. The highest BCUT2D eigenvalue weighted by atomic mass is 16.5. The Hall–Kier alpha value is -4.58. The molecule has 0 aliphatic heterocycles. The lowest BCUT2D eigenvalue weighted by Crippen LogP contribution is -1.99. The van der Waals surface area contributed by atoms with E-state index in [1.54, 1.807) is 14.2 Å². The lowest BCUT2D eigenvalue weighted by Gasteiger charge is -2.14. The monoisotopic (exact) mass is 448 g/mol. The van der Waals surface area contributed by atoms with E-state index in [1.165, 1.54) is 0 Å². The Labute approximate surface area is 198 Å². The van der Waals surface area contributed by atoms with E-state index in [-0.39, 0.29) is 0 Å². The average molecular weight is 449 g/mol. The summed E-state index contributed by atoms with van der Waals surface area (Å²) in [5, 5.41) is 3.45. The zero-order valence-electron chi connectivity index (χ0n) is 18.9. The zero-order valence-corrected chi connectivity index (χ0v) is 18.9. The molecule has 6 heteroatoms. The van der Waals surface area contributed by atoms with E-state index in [9.17, 15) is 0 Å². The summed E-state index contributed by atoms with van der Waals surface area (Å²) >= 11 is 0. The molecule has 0 saturated heterocycles. The van der Waals surface area contributed by atoms with Crippen LogP contribution < -0.4 is 20.5 Å². The number of methoxy groups -OCH3 is 2. The molecule has 34 heavy (non-hydrogen) atoms. The molecule has 5 rings (SSSR count). The summed E-state index contributed by atoms with van der Waals surface area (Å²) in [4.78, 5) is 10.2. The Kier molecular flexibility index (Phi) is 5.70. The van der Waals surface area contributed by atoms with Crippen molar-refractivity contribution in [2.24, 2.45) is 0 Å². The molecular weight excluding hydrogens is 424 g/mol. The van der Waals surface area contributed by atoms with Crippen LogP contribution in [0.4, 0.5) is 17.1 Å². The summed E-state index contributed by atoms with van der Waals surface area (Å²) in [6.07, 6.45) is 0. The Morgan fingerprint density at radius 1 is 0.647 bits per heavy atom. The first-order chi connectivity index (χ1) is 16.6. The van der Waals surface area contributed by atoms with Crippen molar-refractivity contribution in [2.75, 3.05) is 25.3 Å². The first-order valence-electron chi connectivity index (χ1n) is 10.9. The highest BCUT2D eigenvalue weighted by Crippen LogP contribution is 2.35. The first-order valence-corrected chi connectivity index (χ1v) is 10.9. The largest absolute Gasteiger partial charge is 0.497 e. The maximum atomic E-state index is 5.84. The molecule has 0 amide bonds. The van der Waals surface area contributed by atoms with E-state index in [1.807, 2.05) is 91.0 Å². The molecule has 168 valence electrons. The van der Waals surface area contributed by atoms with Crippen molar-refractivity contribution >= 4 is 28.1 Å². The van der Waals surface area contributed by atoms with Crippen molar-refractivity contribution in [3.05, 3.63) is 91.0 Å². The molecule has 0 spiro atoms. The molecule has 0 unspecified atom stereocenters. The van der Waals surface area contributed by atoms with Gasteiger partial charge >= 0.3 is 0 Å². The van der Waals surface area contributed by atoms with Crippen molar-refractivity contribution in [1.82, 2.24) is 9.97 Å². The van der Waals surface area contributed by atoms with Crippen LogP contribution in [0.15, 0.2) is 91.0 Å². The van der Waals surface area contributed by atoms with Crippen molar-refractivity contribution in [3.63, 3.8) is 0 Å². The highest BCUT2D eigenvalue weighted by Gasteiger charge is 2.15. The van der Waals surface area contributed by atoms with Crippen LogP contribution in [0.25, 0.3) is 33.5 Å². The number of para-hydroxylation sites is 1. The molecule has 6 nitrogen and oxygen atoms in total. The normalized spacial score (nSPS) is 10.8. The summed E-state index contributed by atoms with van der Waals surface area (Å²) in [7, 11) is 3.31. The lowest BCUT2D eigenvalue weighted by molar-refractivity contribution is 0.414. The van der Waals surface area contributed by atoms with Crippen LogP contribution in [-0.2, 0) is 0 Å². The van der Waals surface area contributed by atoms with Gasteiger partial charge in [0.25, 0.3) is 0 Å². The fourth-order valence-corrected chi connectivity index (χ4v) is 3.80. The molecule has 0 aliphatic carbocycles. The van der Waals surface area contributed by atoms with Crippen LogP contribution in [0.3, 0.4) is 0 Å². The van der Waals surface area contributed by atoms with E-state index in [0.717, 1.165) is 56.4 Å². The molecule has 4 aromatic carbocycles. The molecule has 1 heterocycles. The number of anilines is 3. The van der Waals surface area contributed by atoms with Gasteiger partial charge in [0.1, 0.15) is 17.0 Å². The third-order valence-corrected chi connectivity index (χ3v) is 5.61. The number of rotatable bonds is 6. The van der Waals surface area contributed by atoms with E-state index in [4.69, 9.17) is 25.2 Å². The van der Waals surface area contributed by atoms with E-state index in [0.29, 0.717) is 5.69 Å². The fraction of sp³-hybridized carbons (Fsp3) is 0.0714. The summed E-state index contributed by atoms with van der Waals surface area (Å²) in [5.74, 6) is 1.58. The standard InChI is InChI=1S/C28H24N4O2/c1-33-22-14-6-18(7-15-22)26-27(19-8-16-23(34-2)17-9-19)32-28-24(4-3-5-25(28)31-26)30-21-12-10-20(29)11-13-21/h3-17,30H,29H2,1-2H3. The summed E-state index contributed by atoms with van der Waals surface area (Å²) in [6, 6.07) is 29.3. The smallest absolute Gasteiger partial charge is 0.118 e. The first kappa shape index (κ1) is 21.3. The van der Waals surface area contributed by atoms with Gasteiger partial charge in [-0.3, -0.25) is 0 Å². The van der Waals surface area contributed by atoms with Crippen LogP contribution in [0.1, 0.15) is 0 Å². The zero-order chi connectivity index (χ0) is 23.5. The van der Waals surface area contributed by atoms with Crippen molar-refractivity contribution in [1.29, 1.82) is 0 Å². The number of hydrogen-bond donors (Lipinski definition) is 2. The number of ether oxygens (including phenoxy) is 2. The Balaban J connectivity index is 1.68. The van der Waals surface area contributed by atoms with Gasteiger partial charge < -0.3 is 20.5 Å². The van der Waals surface area contributed by atoms with Crippen molar-refractivity contribution in [3.8, 4) is 34.0 Å². The third kappa shape index (κ3) is 4.21. The average Bonchev–Trinajstić information content (AvgIpc) is 2.89. The summed E-state index contributed by atoms with van der Waals surface area (Å²) < 4.78 is 10.7. The van der Waals surface area contributed by atoms with Crippen molar-refractivity contribution < 1.29 is 9.47 Å². The number of benzene rings is 4. The maximum Gasteiger partial charge on any atom is 0.118 e. The number of nitrogens with zero attached hydrogens (tertiary/aromatic N) is 2. The van der Waals surface area contributed by atoms with E-state index >= 15 is 0 Å². The van der Waals surface area contributed by atoms with Gasteiger partial charge in [-0.25, -0.2) is 9.97 Å². The molecule has 0 radical (unpaired) electrons. The number of aromatic nitrogens is 2. The number of hydrogen-bond acceptors (Lipinski definition) is 6. The van der Waals surface area contributed by atoms with Gasteiger partial charge in [0, 0.05) is 22.5 Å². The second-order valence-corrected chi connectivity index (χ2v) is 7.80. The minimum atomic E-state index is 0.717. The van der Waals surface area contributed by atoms with Crippen LogP contribution >= 0.6 is 0 Å². The van der Waals surface area contributed by atoms with Crippen LogP contribution in [0, 0.1) is 0 Å². The minimum Gasteiger partial charge on any atom is -0.497 e. The van der Waals surface area contributed by atoms with Gasteiger partial charge in [-0.2, -0.15) is 0 Å². The third-order valence-electron chi connectivity index (χ3n) is 5.61. The predicted octanol–water partition coefficient (Wildman–Crippen LogP) is 6.31. The van der Waals surface area contributed by atoms with Gasteiger partial charge in [0.2, 0.25) is 0 Å². The molecule has 1 aromatic heterocycles. The number of fused-ring (bicyclic) bond motifs is 1.